The van der Waals surface area contributed by atoms with Gasteiger partial charge in [-0.1, -0.05) is 19.1 Å². The van der Waals surface area contributed by atoms with Gasteiger partial charge in [-0.05, 0) is 43.5 Å². The van der Waals surface area contributed by atoms with Gasteiger partial charge in [-0.3, -0.25) is 33.6 Å². The second-order valence-corrected chi connectivity index (χ2v) is 9.55. The van der Waals surface area contributed by atoms with Crippen LogP contribution in [-0.2, 0) is 23.9 Å². The van der Waals surface area contributed by atoms with Crippen LogP contribution in [0, 0.1) is 6.92 Å². The van der Waals surface area contributed by atoms with Crippen LogP contribution >= 0.6 is 0 Å². The van der Waals surface area contributed by atoms with Gasteiger partial charge in [-0.2, -0.15) is 8.42 Å². The monoisotopic (exact) mass is 486 g/mol. The maximum absolute atomic E-state index is 13.2. The number of fused-ring (bicyclic) bond motifs is 1. The predicted octanol–water partition coefficient (Wildman–Crippen LogP) is 2.30. The summed E-state index contributed by atoms with van der Waals surface area (Å²) in [6, 6.07) is 7.56. The van der Waals surface area contributed by atoms with Crippen molar-refractivity contribution in [2.75, 3.05) is 6.61 Å². The van der Waals surface area contributed by atoms with E-state index in [1.54, 1.807) is 19.9 Å². The highest BCUT2D eigenvalue weighted by Gasteiger charge is 2.46. The minimum atomic E-state index is -4.00. The summed E-state index contributed by atoms with van der Waals surface area (Å²) < 4.78 is 35.7. The molecule has 2 aromatic rings. The van der Waals surface area contributed by atoms with Crippen LogP contribution < -0.4 is 10.1 Å². The molecule has 0 saturated carbocycles. The molecule has 0 radical (unpaired) electrons. The first-order chi connectivity index (χ1) is 16.1. The maximum Gasteiger partial charge on any atom is 0.297 e. The van der Waals surface area contributed by atoms with Gasteiger partial charge in [0.15, 0.2) is 0 Å². The van der Waals surface area contributed by atoms with E-state index < -0.39 is 39.8 Å². The minimum absolute atomic E-state index is 0.00767. The number of hydrogen-bond acceptors (Lipinski definition) is 8. The Balaban J connectivity index is 1.67. The zero-order valence-corrected chi connectivity index (χ0v) is 19.3. The van der Waals surface area contributed by atoms with Crippen molar-refractivity contribution in [2.24, 2.45) is 0 Å². The first-order valence-corrected chi connectivity index (χ1v) is 12.1. The number of carbonyl (C=O) groups is 4. The van der Waals surface area contributed by atoms with Gasteiger partial charge < -0.3 is 4.74 Å². The molecule has 34 heavy (non-hydrogen) atoms. The Labute approximate surface area is 196 Å². The summed E-state index contributed by atoms with van der Waals surface area (Å²) in [6.07, 6.45) is 0.557. The van der Waals surface area contributed by atoms with E-state index in [0.717, 1.165) is 4.90 Å². The SMILES string of the molecule is CCCOS(=O)(=O)c1ccc(C)c(Oc2cccc3c2C(=O)N(C2CCC(=O)NC2=O)C3=O)c1. The highest BCUT2D eigenvalue weighted by atomic mass is 32.2. The molecule has 178 valence electrons. The fourth-order valence-electron chi connectivity index (χ4n) is 3.79. The van der Waals surface area contributed by atoms with Gasteiger partial charge in [-0.25, -0.2) is 0 Å². The highest BCUT2D eigenvalue weighted by molar-refractivity contribution is 7.86. The Morgan fingerprint density at radius 2 is 1.82 bits per heavy atom. The molecule has 2 aliphatic heterocycles. The van der Waals surface area contributed by atoms with Crippen LogP contribution in [0.15, 0.2) is 41.3 Å². The van der Waals surface area contributed by atoms with Crippen LogP contribution in [0.5, 0.6) is 11.5 Å². The zero-order chi connectivity index (χ0) is 24.6. The molecule has 1 fully saturated rings. The van der Waals surface area contributed by atoms with E-state index in [4.69, 9.17) is 8.92 Å². The number of rotatable bonds is 7. The van der Waals surface area contributed by atoms with Gasteiger partial charge >= 0.3 is 0 Å². The van der Waals surface area contributed by atoms with E-state index >= 15 is 0 Å². The Morgan fingerprint density at radius 3 is 2.53 bits per heavy atom. The van der Waals surface area contributed by atoms with Gasteiger partial charge in [0.05, 0.1) is 22.6 Å². The molecule has 0 aliphatic carbocycles. The van der Waals surface area contributed by atoms with Gasteiger partial charge in [-0.15, -0.1) is 0 Å². The third-order valence-electron chi connectivity index (χ3n) is 5.54. The summed E-state index contributed by atoms with van der Waals surface area (Å²) in [4.78, 5) is 50.7. The second-order valence-electron chi connectivity index (χ2n) is 7.93. The molecule has 1 N–H and O–H groups in total. The lowest BCUT2D eigenvalue weighted by atomic mass is 10.0. The first kappa shape index (κ1) is 23.6. The van der Waals surface area contributed by atoms with E-state index in [0.29, 0.717) is 12.0 Å². The number of hydrogen-bond donors (Lipinski definition) is 1. The number of ether oxygens (including phenoxy) is 1. The molecule has 11 heteroatoms. The lowest BCUT2D eigenvalue weighted by Crippen LogP contribution is -2.54. The third kappa shape index (κ3) is 4.19. The van der Waals surface area contributed by atoms with Crippen LogP contribution in [0.3, 0.4) is 0 Å². The predicted molar refractivity (Wildman–Crippen MR) is 118 cm³/mol. The van der Waals surface area contributed by atoms with Crippen LogP contribution in [0.25, 0.3) is 0 Å². The lowest BCUT2D eigenvalue weighted by molar-refractivity contribution is -0.136. The van der Waals surface area contributed by atoms with Crippen LogP contribution in [0.4, 0.5) is 0 Å². The van der Waals surface area contributed by atoms with Crippen molar-refractivity contribution in [3.63, 3.8) is 0 Å². The zero-order valence-electron chi connectivity index (χ0n) is 18.5. The summed E-state index contributed by atoms with van der Waals surface area (Å²) in [7, 11) is -4.00. The molecule has 2 aromatic carbocycles. The second kappa shape index (κ2) is 8.99. The number of aryl methyl sites for hydroxylation is 1. The van der Waals surface area contributed by atoms with Gasteiger partial charge in [0.1, 0.15) is 17.5 Å². The van der Waals surface area contributed by atoms with E-state index in [2.05, 4.69) is 5.32 Å². The number of amides is 4. The van der Waals surface area contributed by atoms with Crippen molar-refractivity contribution in [2.45, 2.75) is 44.0 Å². The molecule has 2 heterocycles. The molecular formula is C23H22N2O8S. The Hall–Kier alpha value is -3.57. The molecule has 1 unspecified atom stereocenters. The molecule has 4 rings (SSSR count). The lowest BCUT2D eigenvalue weighted by Gasteiger charge is -2.27. The van der Waals surface area contributed by atoms with E-state index in [-0.39, 0.29) is 47.0 Å². The third-order valence-corrected chi connectivity index (χ3v) is 6.85. The molecule has 0 spiro atoms. The standard InChI is InChI=1S/C23H22N2O8S/c1-3-11-32-34(30,31)14-8-7-13(2)18(12-14)33-17-6-4-5-15-20(17)23(29)25(22(15)28)16-9-10-19(26)24-21(16)27/h4-8,12,16H,3,9-11H2,1-2H3,(H,24,26,27). The van der Waals surface area contributed by atoms with Crippen molar-refractivity contribution in [1.82, 2.24) is 10.2 Å². The highest BCUT2D eigenvalue weighted by Crippen LogP contribution is 2.37. The minimum Gasteiger partial charge on any atom is -0.456 e. The largest absolute Gasteiger partial charge is 0.456 e. The fraction of sp³-hybridized carbons (Fsp3) is 0.304. The first-order valence-electron chi connectivity index (χ1n) is 10.7. The summed E-state index contributed by atoms with van der Waals surface area (Å²) in [6.45, 7) is 3.52. The van der Waals surface area contributed by atoms with Gasteiger partial charge in [0, 0.05) is 12.5 Å². The van der Waals surface area contributed by atoms with E-state index in [9.17, 15) is 27.6 Å². The summed E-state index contributed by atoms with van der Waals surface area (Å²) in [5.74, 6) is -2.37. The smallest absolute Gasteiger partial charge is 0.297 e. The molecule has 1 saturated heterocycles. The Bertz CT molecular complexity index is 1320. The molecular weight excluding hydrogens is 464 g/mol. The summed E-state index contributed by atoms with van der Waals surface area (Å²) >= 11 is 0. The summed E-state index contributed by atoms with van der Waals surface area (Å²) in [5.41, 5.74) is 0.609. The van der Waals surface area contributed by atoms with Gasteiger partial charge in [0.25, 0.3) is 21.9 Å². The molecule has 0 aromatic heterocycles. The van der Waals surface area contributed by atoms with Crippen molar-refractivity contribution in [1.29, 1.82) is 0 Å². The number of piperidine rings is 1. The topological polar surface area (TPSA) is 136 Å². The molecule has 1 atom stereocenters. The fourth-order valence-corrected chi connectivity index (χ4v) is 4.80. The maximum atomic E-state index is 13.2. The molecule has 0 bridgehead atoms. The molecule has 10 nitrogen and oxygen atoms in total. The van der Waals surface area contributed by atoms with Crippen molar-refractivity contribution < 1.29 is 36.5 Å². The number of nitrogens with zero attached hydrogens (tertiary/aromatic N) is 1. The van der Waals surface area contributed by atoms with Gasteiger partial charge in [0.2, 0.25) is 11.8 Å². The number of imide groups is 2. The Kier molecular flexibility index (Phi) is 6.24. The van der Waals surface area contributed by atoms with Crippen molar-refractivity contribution >= 4 is 33.7 Å². The average molecular weight is 487 g/mol. The molecule has 2 aliphatic rings. The van der Waals surface area contributed by atoms with Crippen molar-refractivity contribution in [3.05, 3.63) is 53.1 Å². The number of nitrogens with one attached hydrogen (secondary N) is 1. The average Bonchev–Trinajstić information content (AvgIpc) is 3.05. The van der Waals surface area contributed by atoms with Crippen LogP contribution in [-0.4, -0.2) is 49.6 Å². The summed E-state index contributed by atoms with van der Waals surface area (Å²) in [5, 5.41) is 2.15. The number of carbonyl (C=O) groups excluding carboxylic acids is 4. The van der Waals surface area contributed by atoms with Crippen LogP contribution in [0.2, 0.25) is 0 Å². The van der Waals surface area contributed by atoms with E-state index in [1.165, 1.54) is 30.3 Å². The normalized spacial score (nSPS) is 18.2. The van der Waals surface area contributed by atoms with E-state index in [1.807, 2.05) is 0 Å². The van der Waals surface area contributed by atoms with Crippen LogP contribution in [0.1, 0.15) is 52.5 Å². The number of benzene rings is 2. The quantitative estimate of drug-likeness (QED) is 0.465. The Morgan fingerprint density at radius 1 is 1.06 bits per heavy atom. The molecule has 4 amide bonds. The van der Waals surface area contributed by atoms with Crippen molar-refractivity contribution in [3.8, 4) is 11.5 Å².